The molecule has 4 aromatic rings. The van der Waals surface area contributed by atoms with E-state index in [9.17, 15) is 0 Å². The van der Waals surface area contributed by atoms with E-state index in [-0.39, 0.29) is 0 Å². The van der Waals surface area contributed by atoms with Gasteiger partial charge in [-0.3, -0.25) is 0 Å². The fourth-order valence-corrected chi connectivity index (χ4v) is 4.87. The van der Waals surface area contributed by atoms with E-state index in [4.69, 9.17) is 9.31 Å². The van der Waals surface area contributed by atoms with Crippen LogP contribution in [0.5, 0.6) is 0 Å². The first kappa shape index (κ1) is 21.7. The molecule has 1 fully saturated rings. The number of rotatable bonds is 4. The second-order valence-corrected chi connectivity index (χ2v) is 9.68. The molecule has 5 rings (SSSR count). The van der Waals surface area contributed by atoms with Crippen molar-refractivity contribution in [1.29, 1.82) is 0 Å². The van der Waals surface area contributed by atoms with Crippen LogP contribution in [0.4, 0.5) is 0 Å². The zero-order valence-corrected chi connectivity index (χ0v) is 19.8. The van der Waals surface area contributed by atoms with Crippen molar-refractivity contribution in [3.8, 4) is 11.1 Å². The van der Waals surface area contributed by atoms with Gasteiger partial charge in [-0.05, 0) is 77.0 Å². The van der Waals surface area contributed by atoms with Crippen molar-refractivity contribution in [1.82, 2.24) is 0 Å². The molecule has 4 aromatic carbocycles. The van der Waals surface area contributed by atoms with Gasteiger partial charge in [-0.25, -0.2) is 0 Å². The molecule has 0 spiro atoms. The van der Waals surface area contributed by atoms with Gasteiger partial charge in [-0.15, -0.1) is 0 Å². The minimum Gasteiger partial charge on any atom is -0.399 e. The first-order valence-corrected chi connectivity index (χ1v) is 11.5. The molecule has 0 bridgehead atoms. The normalized spacial score (nSPS) is 16.9. The molecule has 1 aliphatic heterocycles. The van der Waals surface area contributed by atoms with Crippen molar-refractivity contribution in [2.75, 3.05) is 0 Å². The van der Waals surface area contributed by atoms with Gasteiger partial charge in [0.1, 0.15) is 0 Å². The lowest BCUT2D eigenvalue weighted by molar-refractivity contribution is 0.00578. The van der Waals surface area contributed by atoms with E-state index in [0.29, 0.717) is 0 Å². The van der Waals surface area contributed by atoms with Gasteiger partial charge in [-0.2, -0.15) is 0 Å². The van der Waals surface area contributed by atoms with E-state index in [0.717, 1.165) is 32.9 Å². The SMILES string of the molecule is C=Cc1cccc(-c2c3ccccc3c(B3OC(C)(C)C(C)(C)O3)c3ccccc23)c1C=C. The summed E-state index contributed by atoms with van der Waals surface area (Å²) in [7, 11) is -0.447. The van der Waals surface area contributed by atoms with Crippen LogP contribution in [0.15, 0.2) is 79.9 Å². The highest BCUT2D eigenvalue weighted by Gasteiger charge is 2.52. The summed E-state index contributed by atoms with van der Waals surface area (Å²) in [5.74, 6) is 0. The Bertz CT molecular complexity index is 1340. The molecule has 0 saturated carbocycles. The van der Waals surface area contributed by atoms with Gasteiger partial charge in [0.25, 0.3) is 0 Å². The molecule has 2 nitrogen and oxygen atoms in total. The van der Waals surface area contributed by atoms with Crippen LogP contribution in [0.2, 0.25) is 0 Å². The van der Waals surface area contributed by atoms with Gasteiger partial charge >= 0.3 is 7.12 Å². The summed E-state index contributed by atoms with van der Waals surface area (Å²) in [4.78, 5) is 0. The average molecular weight is 432 g/mol. The zero-order valence-electron chi connectivity index (χ0n) is 19.8. The van der Waals surface area contributed by atoms with Crippen LogP contribution < -0.4 is 5.46 Å². The third-order valence-electron chi connectivity index (χ3n) is 7.30. The van der Waals surface area contributed by atoms with Crippen LogP contribution in [-0.2, 0) is 9.31 Å². The maximum absolute atomic E-state index is 6.54. The van der Waals surface area contributed by atoms with Crippen LogP contribution >= 0.6 is 0 Å². The summed E-state index contributed by atoms with van der Waals surface area (Å²) in [6.07, 6.45) is 3.82. The van der Waals surface area contributed by atoms with Crippen molar-refractivity contribution in [2.24, 2.45) is 0 Å². The topological polar surface area (TPSA) is 18.5 Å². The fraction of sp³-hybridized carbons (Fsp3) is 0.200. The summed E-state index contributed by atoms with van der Waals surface area (Å²) in [5, 5.41) is 4.63. The summed E-state index contributed by atoms with van der Waals surface area (Å²) in [6.45, 7) is 16.5. The summed E-state index contributed by atoms with van der Waals surface area (Å²) in [5.41, 5.74) is 4.77. The van der Waals surface area contributed by atoms with E-state index < -0.39 is 18.3 Å². The molecule has 1 saturated heterocycles. The highest BCUT2D eigenvalue weighted by atomic mass is 16.7. The van der Waals surface area contributed by atoms with Crippen molar-refractivity contribution in [3.63, 3.8) is 0 Å². The molecule has 3 heteroatoms. The Morgan fingerprint density at radius 1 is 0.667 bits per heavy atom. The molecule has 0 radical (unpaired) electrons. The van der Waals surface area contributed by atoms with Gasteiger partial charge < -0.3 is 9.31 Å². The van der Waals surface area contributed by atoms with E-state index in [2.05, 4.69) is 108 Å². The molecule has 0 atom stereocenters. The molecule has 0 aromatic heterocycles. The number of fused-ring (bicyclic) bond motifs is 2. The van der Waals surface area contributed by atoms with Crippen molar-refractivity contribution >= 4 is 46.3 Å². The molecule has 0 amide bonds. The van der Waals surface area contributed by atoms with Crippen LogP contribution in [0, 0.1) is 0 Å². The molecule has 0 N–H and O–H groups in total. The van der Waals surface area contributed by atoms with E-state index >= 15 is 0 Å². The monoisotopic (exact) mass is 432 g/mol. The first-order valence-electron chi connectivity index (χ1n) is 11.5. The molecule has 1 heterocycles. The quantitative estimate of drug-likeness (QED) is 0.250. The average Bonchev–Trinajstić information content (AvgIpc) is 3.02. The van der Waals surface area contributed by atoms with Gasteiger partial charge in [0.2, 0.25) is 0 Å². The van der Waals surface area contributed by atoms with E-state index in [1.54, 1.807) is 0 Å². The Kier molecular flexibility index (Phi) is 5.08. The lowest BCUT2D eigenvalue weighted by atomic mass is 9.71. The lowest BCUT2D eigenvalue weighted by Gasteiger charge is -2.32. The lowest BCUT2D eigenvalue weighted by Crippen LogP contribution is -2.41. The van der Waals surface area contributed by atoms with Crippen LogP contribution in [0.25, 0.3) is 44.8 Å². The largest absolute Gasteiger partial charge is 0.496 e. The fourth-order valence-electron chi connectivity index (χ4n) is 4.87. The number of benzene rings is 4. The Balaban J connectivity index is 1.90. The molecule has 1 aliphatic rings. The second kappa shape index (κ2) is 7.72. The molecular weight excluding hydrogens is 403 g/mol. The van der Waals surface area contributed by atoms with Crippen LogP contribution in [0.3, 0.4) is 0 Å². The molecule has 164 valence electrons. The molecule has 0 aliphatic carbocycles. The smallest absolute Gasteiger partial charge is 0.399 e. The maximum atomic E-state index is 6.54. The van der Waals surface area contributed by atoms with Gasteiger partial charge in [0.15, 0.2) is 0 Å². The second-order valence-electron chi connectivity index (χ2n) is 9.68. The Labute approximate surface area is 196 Å². The third kappa shape index (κ3) is 3.27. The van der Waals surface area contributed by atoms with Gasteiger partial charge in [0, 0.05) is 0 Å². The summed E-state index contributed by atoms with van der Waals surface area (Å²) >= 11 is 0. The molecular formula is C30H29BO2. The highest BCUT2D eigenvalue weighted by Crippen LogP contribution is 2.42. The Morgan fingerprint density at radius 2 is 1.18 bits per heavy atom. The molecule has 33 heavy (non-hydrogen) atoms. The Hall–Kier alpha value is -3.14. The predicted molar refractivity (Wildman–Crippen MR) is 143 cm³/mol. The maximum Gasteiger partial charge on any atom is 0.496 e. The minimum atomic E-state index is -0.447. The van der Waals surface area contributed by atoms with Gasteiger partial charge in [0.05, 0.1) is 11.2 Å². The first-order chi connectivity index (χ1) is 15.8. The standard InChI is InChI=1S/C30H29BO2/c1-7-20-14-13-19-22(21(20)8-2)27-23-15-9-11-17-25(23)28(26-18-12-10-16-24(26)27)31-32-29(3,4)30(5,6)33-31/h7-19H,1-2H2,3-6H3. The van der Waals surface area contributed by atoms with E-state index in [1.807, 2.05) is 12.2 Å². The number of hydrogen-bond donors (Lipinski definition) is 0. The van der Waals surface area contributed by atoms with E-state index in [1.165, 1.54) is 16.3 Å². The third-order valence-corrected chi connectivity index (χ3v) is 7.30. The van der Waals surface area contributed by atoms with Gasteiger partial charge in [-0.1, -0.05) is 92.0 Å². The summed E-state index contributed by atoms with van der Waals surface area (Å²) in [6, 6.07) is 23.5. The van der Waals surface area contributed by atoms with Crippen molar-refractivity contribution < 1.29 is 9.31 Å². The molecule has 0 unspecified atom stereocenters. The summed E-state index contributed by atoms with van der Waals surface area (Å²) < 4.78 is 13.1. The zero-order chi connectivity index (χ0) is 23.4. The minimum absolute atomic E-state index is 0.410. The van der Waals surface area contributed by atoms with Crippen molar-refractivity contribution in [3.05, 3.63) is 91.0 Å². The van der Waals surface area contributed by atoms with Crippen molar-refractivity contribution in [2.45, 2.75) is 38.9 Å². The van der Waals surface area contributed by atoms with Crippen LogP contribution in [-0.4, -0.2) is 18.3 Å². The van der Waals surface area contributed by atoms with Crippen LogP contribution in [0.1, 0.15) is 38.8 Å². The predicted octanol–water partition coefficient (Wildman–Crippen LogP) is 7.25. The number of hydrogen-bond acceptors (Lipinski definition) is 2. The highest BCUT2D eigenvalue weighted by molar-refractivity contribution is 6.69. The Morgan fingerprint density at radius 3 is 1.67 bits per heavy atom.